The number of nitrogens with one attached hydrogen (secondary N) is 2. The van der Waals surface area contributed by atoms with Gasteiger partial charge >= 0.3 is 0 Å². The highest BCUT2D eigenvalue weighted by Crippen LogP contribution is 2.23. The lowest BCUT2D eigenvalue weighted by Gasteiger charge is -2.26. The van der Waals surface area contributed by atoms with Crippen LogP contribution in [0.15, 0.2) is 41.3 Å². The first kappa shape index (κ1) is 18.4. The maximum Gasteiger partial charge on any atom is 0.255 e. The van der Waals surface area contributed by atoms with E-state index in [1.807, 2.05) is 0 Å². The summed E-state index contributed by atoms with van der Waals surface area (Å²) >= 11 is 0. The van der Waals surface area contributed by atoms with E-state index in [1.165, 1.54) is 0 Å². The van der Waals surface area contributed by atoms with Gasteiger partial charge in [-0.05, 0) is 43.2 Å². The summed E-state index contributed by atoms with van der Waals surface area (Å²) in [5, 5.41) is 2.30. The molecule has 0 atom stereocenters. The molecule has 1 amide bonds. The second-order valence-corrected chi connectivity index (χ2v) is 7.66. The van der Waals surface area contributed by atoms with Gasteiger partial charge in [0, 0.05) is 23.4 Å². The van der Waals surface area contributed by atoms with E-state index in [0.717, 1.165) is 42.8 Å². The van der Waals surface area contributed by atoms with Crippen LogP contribution in [0.4, 0.5) is 18.9 Å². The van der Waals surface area contributed by atoms with Gasteiger partial charge in [-0.25, -0.2) is 26.3 Å². The average molecular weight is 384 g/mol. The lowest BCUT2D eigenvalue weighted by molar-refractivity contribution is 0.102. The molecule has 0 aliphatic heterocycles. The summed E-state index contributed by atoms with van der Waals surface area (Å²) in [5.74, 6) is -3.98. The predicted molar refractivity (Wildman–Crippen MR) is 88.7 cm³/mol. The van der Waals surface area contributed by atoms with Crippen molar-refractivity contribution in [2.75, 3.05) is 5.32 Å². The molecule has 1 aliphatic rings. The van der Waals surface area contributed by atoms with Gasteiger partial charge in [0.05, 0.1) is 0 Å². The molecule has 5 nitrogen and oxygen atoms in total. The Morgan fingerprint density at radius 2 is 1.65 bits per heavy atom. The topological polar surface area (TPSA) is 75.3 Å². The van der Waals surface area contributed by atoms with Crippen molar-refractivity contribution in [1.29, 1.82) is 0 Å². The molecular weight excluding hydrogens is 369 g/mol. The maximum absolute atomic E-state index is 14.0. The molecule has 2 N–H and O–H groups in total. The quantitative estimate of drug-likeness (QED) is 0.831. The minimum absolute atomic E-state index is 0.0183. The standard InChI is InChI=1S/C17H15F3N2O3S/c18-13-7-5-12(9-15(13)20)21-17(23)10-4-6-14(19)16(8-10)26(24,25)22-11-2-1-3-11/h4-9,11,22H,1-3H2,(H,21,23). The van der Waals surface area contributed by atoms with E-state index < -0.39 is 38.3 Å². The zero-order chi connectivity index (χ0) is 18.9. The number of halogens is 3. The Morgan fingerprint density at radius 1 is 0.962 bits per heavy atom. The molecule has 138 valence electrons. The molecule has 0 aromatic heterocycles. The molecule has 9 heteroatoms. The fourth-order valence-corrected chi connectivity index (χ4v) is 3.85. The fourth-order valence-electron chi connectivity index (χ4n) is 2.44. The highest BCUT2D eigenvalue weighted by molar-refractivity contribution is 7.89. The lowest BCUT2D eigenvalue weighted by atomic mass is 9.94. The molecule has 0 spiro atoms. The number of hydrogen-bond donors (Lipinski definition) is 2. The summed E-state index contributed by atoms with van der Waals surface area (Å²) in [7, 11) is -4.11. The van der Waals surface area contributed by atoms with Crippen molar-refractivity contribution in [2.24, 2.45) is 0 Å². The van der Waals surface area contributed by atoms with Crippen molar-refractivity contribution < 1.29 is 26.4 Å². The smallest absolute Gasteiger partial charge is 0.255 e. The summed E-state index contributed by atoms with van der Waals surface area (Å²) in [4.78, 5) is 11.6. The number of amides is 1. The zero-order valence-corrected chi connectivity index (χ0v) is 14.2. The van der Waals surface area contributed by atoms with E-state index in [4.69, 9.17) is 0 Å². The van der Waals surface area contributed by atoms with Gasteiger partial charge in [-0.1, -0.05) is 6.42 Å². The third-order valence-electron chi connectivity index (χ3n) is 4.09. The Labute approximate surface area is 148 Å². The molecule has 1 aliphatic carbocycles. The molecule has 2 aromatic carbocycles. The SMILES string of the molecule is O=C(Nc1ccc(F)c(F)c1)c1ccc(F)c(S(=O)(=O)NC2CCC2)c1. The summed E-state index contributed by atoms with van der Waals surface area (Å²) in [6, 6.07) is 5.42. The maximum atomic E-state index is 14.0. The van der Waals surface area contributed by atoms with Crippen LogP contribution in [0.2, 0.25) is 0 Å². The monoisotopic (exact) mass is 384 g/mol. The van der Waals surface area contributed by atoms with Crippen LogP contribution in [-0.4, -0.2) is 20.4 Å². The van der Waals surface area contributed by atoms with Crippen molar-refractivity contribution in [3.8, 4) is 0 Å². The van der Waals surface area contributed by atoms with E-state index in [9.17, 15) is 26.4 Å². The van der Waals surface area contributed by atoms with Crippen LogP contribution < -0.4 is 10.0 Å². The van der Waals surface area contributed by atoms with Crippen molar-refractivity contribution >= 4 is 21.6 Å². The number of anilines is 1. The van der Waals surface area contributed by atoms with Gasteiger partial charge < -0.3 is 5.32 Å². The minimum Gasteiger partial charge on any atom is -0.322 e. The molecule has 26 heavy (non-hydrogen) atoms. The van der Waals surface area contributed by atoms with Crippen LogP contribution in [0.25, 0.3) is 0 Å². The van der Waals surface area contributed by atoms with Crippen LogP contribution in [0.3, 0.4) is 0 Å². The third kappa shape index (κ3) is 3.88. The summed E-state index contributed by atoms with van der Waals surface area (Å²) in [5.41, 5.74) is -0.152. The molecule has 1 fully saturated rings. The summed E-state index contributed by atoms with van der Waals surface area (Å²) in [6.45, 7) is 0. The van der Waals surface area contributed by atoms with Crippen molar-refractivity contribution in [1.82, 2.24) is 4.72 Å². The Hall–Kier alpha value is -2.39. The number of benzene rings is 2. The first-order valence-corrected chi connectivity index (χ1v) is 9.33. The van der Waals surface area contributed by atoms with Crippen LogP contribution >= 0.6 is 0 Å². The Balaban J connectivity index is 1.83. The van der Waals surface area contributed by atoms with Gasteiger partial charge in [-0.15, -0.1) is 0 Å². The average Bonchev–Trinajstić information content (AvgIpc) is 2.55. The van der Waals surface area contributed by atoms with Gasteiger partial charge in [0.1, 0.15) is 10.7 Å². The molecule has 0 saturated heterocycles. The lowest BCUT2D eigenvalue weighted by Crippen LogP contribution is -2.39. The van der Waals surface area contributed by atoms with Crippen molar-refractivity contribution in [2.45, 2.75) is 30.2 Å². The fraction of sp³-hybridized carbons (Fsp3) is 0.235. The molecule has 0 unspecified atom stereocenters. The first-order valence-electron chi connectivity index (χ1n) is 7.84. The van der Waals surface area contributed by atoms with Gasteiger partial charge in [-0.3, -0.25) is 4.79 Å². The molecule has 2 aromatic rings. The number of sulfonamides is 1. The van der Waals surface area contributed by atoms with Crippen LogP contribution in [0, 0.1) is 17.5 Å². The normalized spacial score (nSPS) is 14.7. The largest absolute Gasteiger partial charge is 0.322 e. The Bertz CT molecular complexity index is 960. The van der Waals surface area contributed by atoms with E-state index in [1.54, 1.807) is 0 Å². The molecule has 0 bridgehead atoms. The second kappa shape index (κ2) is 7.08. The van der Waals surface area contributed by atoms with Gasteiger partial charge in [-0.2, -0.15) is 0 Å². The van der Waals surface area contributed by atoms with Crippen molar-refractivity contribution in [3.63, 3.8) is 0 Å². The van der Waals surface area contributed by atoms with Gasteiger partial charge in [0.25, 0.3) is 5.91 Å². The number of hydrogen-bond acceptors (Lipinski definition) is 3. The van der Waals surface area contributed by atoms with E-state index in [2.05, 4.69) is 10.0 Å². The second-order valence-electron chi connectivity index (χ2n) is 5.98. The van der Waals surface area contributed by atoms with Crippen LogP contribution in [-0.2, 0) is 10.0 Å². The Morgan fingerprint density at radius 3 is 2.27 bits per heavy atom. The molecule has 3 rings (SSSR count). The van der Waals surface area contributed by atoms with Gasteiger partial charge in [0.2, 0.25) is 10.0 Å². The predicted octanol–water partition coefficient (Wildman–Crippen LogP) is 3.19. The van der Waals surface area contributed by atoms with E-state index in [0.29, 0.717) is 12.8 Å². The molecule has 1 saturated carbocycles. The number of carbonyl (C=O) groups is 1. The molecular formula is C17H15F3N2O3S. The van der Waals surface area contributed by atoms with E-state index in [-0.39, 0.29) is 17.3 Å². The highest BCUT2D eigenvalue weighted by Gasteiger charge is 2.27. The van der Waals surface area contributed by atoms with Crippen LogP contribution in [0.5, 0.6) is 0 Å². The van der Waals surface area contributed by atoms with Gasteiger partial charge in [0.15, 0.2) is 11.6 Å². The highest BCUT2D eigenvalue weighted by atomic mass is 32.2. The number of carbonyl (C=O) groups excluding carboxylic acids is 1. The molecule has 0 heterocycles. The Kier molecular flexibility index (Phi) is 5.01. The van der Waals surface area contributed by atoms with E-state index >= 15 is 0 Å². The number of rotatable bonds is 5. The van der Waals surface area contributed by atoms with Crippen molar-refractivity contribution in [3.05, 3.63) is 59.4 Å². The van der Waals surface area contributed by atoms with Crippen LogP contribution in [0.1, 0.15) is 29.6 Å². The zero-order valence-electron chi connectivity index (χ0n) is 13.4. The first-order chi connectivity index (χ1) is 12.3. The summed E-state index contributed by atoms with van der Waals surface area (Å²) in [6.07, 6.45) is 2.25. The summed E-state index contributed by atoms with van der Waals surface area (Å²) < 4.78 is 67.1. The minimum atomic E-state index is -4.11. The third-order valence-corrected chi connectivity index (χ3v) is 5.62. The molecule has 0 radical (unpaired) electrons.